The van der Waals surface area contributed by atoms with Gasteiger partial charge >= 0.3 is 0 Å². The molecule has 2 aromatic carbocycles. The molecular formula is C27H26N4O. The van der Waals surface area contributed by atoms with Crippen molar-refractivity contribution in [2.75, 3.05) is 0 Å². The number of ether oxygens (including phenoxy) is 1. The van der Waals surface area contributed by atoms with Crippen LogP contribution in [0.3, 0.4) is 0 Å². The van der Waals surface area contributed by atoms with Gasteiger partial charge in [-0.25, -0.2) is 0 Å². The van der Waals surface area contributed by atoms with Gasteiger partial charge in [-0.1, -0.05) is 36.8 Å². The minimum absolute atomic E-state index is 0.0914. The van der Waals surface area contributed by atoms with Gasteiger partial charge in [0.25, 0.3) is 0 Å². The molecule has 2 aromatic heterocycles. The molecule has 5 nitrogen and oxygen atoms in total. The minimum Gasteiger partial charge on any atom is -0.487 e. The summed E-state index contributed by atoms with van der Waals surface area (Å²) in [7, 11) is 0. The van der Waals surface area contributed by atoms with Crippen LogP contribution in [-0.2, 0) is 12.0 Å². The quantitative estimate of drug-likeness (QED) is 0.420. The largest absolute Gasteiger partial charge is 0.487 e. The summed E-state index contributed by atoms with van der Waals surface area (Å²) in [5.41, 5.74) is 4.95. The van der Waals surface area contributed by atoms with Crippen molar-refractivity contribution in [3.05, 3.63) is 102 Å². The van der Waals surface area contributed by atoms with E-state index in [1.807, 2.05) is 22.8 Å². The van der Waals surface area contributed by atoms with Crippen LogP contribution in [0.2, 0.25) is 0 Å². The number of rotatable bonds is 6. The second kappa shape index (κ2) is 7.90. The van der Waals surface area contributed by atoms with Gasteiger partial charge in [0.05, 0.1) is 5.69 Å². The lowest BCUT2D eigenvalue weighted by Crippen LogP contribution is -2.34. The Morgan fingerprint density at radius 1 is 0.875 bits per heavy atom. The van der Waals surface area contributed by atoms with Crippen LogP contribution in [-0.4, -0.2) is 19.7 Å². The summed E-state index contributed by atoms with van der Waals surface area (Å²) in [6.07, 6.45) is 10.5. The van der Waals surface area contributed by atoms with E-state index in [2.05, 4.69) is 63.7 Å². The van der Waals surface area contributed by atoms with E-state index in [1.165, 1.54) is 36.8 Å². The normalized spacial score (nSPS) is 24.0. The molecule has 0 spiro atoms. The lowest BCUT2D eigenvalue weighted by atomic mass is 9.64. The Hall–Kier alpha value is -3.47. The van der Waals surface area contributed by atoms with Crippen molar-refractivity contribution in [2.45, 2.75) is 37.7 Å². The molecule has 2 aliphatic carbocycles. The fraction of sp³-hybridized carbons (Fsp3) is 0.296. The molecule has 5 heteroatoms. The first kappa shape index (κ1) is 19.2. The van der Waals surface area contributed by atoms with Crippen LogP contribution in [0.25, 0.3) is 5.69 Å². The van der Waals surface area contributed by atoms with E-state index in [9.17, 15) is 0 Å². The summed E-state index contributed by atoms with van der Waals surface area (Å²) in [6, 6.07) is 23.7. The molecule has 0 amide bonds. The summed E-state index contributed by atoms with van der Waals surface area (Å²) < 4.78 is 7.94. The van der Waals surface area contributed by atoms with Crippen LogP contribution < -0.4 is 4.74 Å². The third-order valence-electron chi connectivity index (χ3n) is 7.43. The van der Waals surface area contributed by atoms with Gasteiger partial charge in [-0.15, -0.1) is 10.2 Å². The lowest BCUT2D eigenvalue weighted by Gasteiger charge is -2.39. The van der Waals surface area contributed by atoms with Gasteiger partial charge in [0.1, 0.15) is 25.0 Å². The van der Waals surface area contributed by atoms with Crippen molar-refractivity contribution in [2.24, 2.45) is 11.8 Å². The zero-order valence-corrected chi connectivity index (χ0v) is 18.0. The number of fused-ring (bicyclic) bond motifs is 2. The monoisotopic (exact) mass is 422 g/mol. The Morgan fingerprint density at radius 3 is 2.25 bits per heavy atom. The fourth-order valence-electron chi connectivity index (χ4n) is 5.96. The second-order valence-corrected chi connectivity index (χ2v) is 9.10. The molecular weight excluding hydrogens is 396 g/mol. The smallest absolute Gasteiger partial charge is 0.130 e. The predicted octanol–water partition coefficient (Wildman–Crippen LogP) is 5.35. The second-order valence-electron chi connectivity index (χ2n) is 9.10. The number of aromatic nitrogens is 4. The van der Waals surface area contributed by atoms with E-state index in [0.29, 0.717) is 12.5 Å². The van der Waals surface area contributed by atoms with Crippen molar-refractivity contribution in [1.29, 1.82) is 0 Å². The van der Waals surface area contributed by atoms with Crippen LogP contribution in [0.15, 0.2) is 85.6 Å². The zero-order chi connectivity index (χ0) is 21.4. The fourth-order valence-corrected chi connectivity index (χ4v) is 5.96. The van der Waals surface area contributed by atoms with Crippen molar-refractivity contribution < 1.29 is 4.74 Å². The van der Waals surface area contributed by atoms with Crippen LogP contribution in [0, 0.1) is 11.8 Å². The molecule has 0 radical (unpaired) electrons. The maximum Gasteiger partial charge on any atom is 0.130 e. The molecule has 4 aromatic rings. The van der Waals surface area contributed by atoms with E-state index in [0.717, 1.165) is 23.0 Å². The van der Waals surface area contributed by atoms with E-state index in [-0.39, 0.29) is 5.41 Å². The third-order valence-corrected chi connectivity index (χ3v) is 7.43. The summed E-state index contributed by atoms with van der Waals surface area (Å²) in [6.45, 7) is 0.487. The van der Waals surface area contributed by atoms with E-state index in [4.69, 9.17) is 4.74 Å². The maximum absolute atomic E-state index is 5.99. The highest BCUT2D eigenvalue weighted by Crippen LogP contribution is 2.60. The number of pyridine rings is 1. The zero-order valence-electron chi connectivity index (χ0n) is 18.0. The van der Waals surface area contributed by atoms with E-state index >= 15 is 0 Å². The molecule has 2 aliphatic rings. The number of hydrogen-bond donors (Lipinski definition) is 0. The van der Waals surface area contributed by atoms with Crippen molar-refractivity contribution in [3.63, 3.8) is 0 Å². The highest BCUT2D eigenvalue weighted by molar-refractivity contribution is 5.47. The molecule has 2 saturated carbocycles. The molecule has 0 saturated heterocycles. The molecule has 2 bridgehead atoms. The van der Waals surface area contributed by atoms with Crippen LogP contribution in [0.4, 0.5) is 0 Å². The topological polar surface area (TPSA) is 52.8 Å². The molecule has 2 fully saturated rings. The Bertz CT molecular complexity index is 1170. The van der Waals surface area contributed by atoms with Crippen molar-refractivity contribution in [3.8, 4) is 11.4 Å². The standard InChI is InChI=1S/C27H26N4O/c1-2-14-28-24(3-1)17-32-26-12-8-22(9-13-26)27(16-20-4-5-23(27)15-20)21-6-10-25(11-7-21)31-18-29-30-19-31/h1-3,6-14,18-20,23H,4-5,15-17H2/t20?,23-,27+/m1/s1. The van der Waals surface area contributed by atoms with Crippen molar-refractivity contribution >= 4 is 0 Å². The average Bonchev–Trinajstić information content (AvgIpc) is 3.62. The van der Waals surface area contributed by atoms with Crippen LogP contribution in [0.5, 0.6) is 5.75 Å². The van der Waals surface area contributed by atoms with Gasteiger partial charge in [0, 0.05) is 17.3 Å². The SMILES string of the molecule is c1ccc(COc2ccc([C@@]3(c4ccc(-n5cnnc5)cc4)CC4CC[C@@H]3C4)cc2)nc1. The van der Waals surface area contributed by atoms with Gasteiger partial charge in [-0.3, -0.25) is 9.55 Å². The first-order chi connectivity index (χ1) is 15.8. The lowest BCUT2D eigenvalue weighted by molar-refractivity contribution is 0.299. The molecule has 3 atom stereocenters. The summed E-state index contributed by atoms with van der Waals surface area (Å²) in [4.78, 5) is 4.34. The highest BCUT2D eigenvalue weighted by atomic mass is 16.5. The average molecular weight is 423 g/mol. The Morgan fingerprint density at radius 2 is 1.62 bits per heavy atom. The first-order valence-corrected chi connectivity index (χ1v) is 11.4. The van der Waals surface area contributed by atoms with Crippen molar-refractivity contribution in [1.82, 2.24) is 19.7 Å². The third kappa shape index (κ3) is 3.29. The van der Waals surface area contributed by atoms with Crippen LogP contribution in [0.1, 0.15) is 42.5 Å². The summed E-state index contributed by atoms with van der Waals surface area (Å²) >= 11 is 0. The number of benzene rings is 2. The first-order valence-electron chi connectivity index (χ1n) is 11.4. The highest BCUT2D eigenvalue weighted by Gasteiger charge is 2.52. The molecule has 32 heavy (non-hydrogen) atoms. The predicted molar refractivity (Wildman–Crippen MR) is 123 cm³/mol. The molecule has 6 rings (SSSR count). The molecule has 160 valence electrons. The number of hydrogen-bond acceptors (Lipinski definition) is 4. The van der Waals surface area contributed by atoms with E-state index in [1.54, 1.807) is 18.9 Å². The van der Waals surface area contributed by atoms with Gasteiger partial charge in [-0.05, 0) is 78.6 Å². The van der Waals surface area contributed by atoms with Crippen LogP contribution >= 0.6 is 0 Å². The van der Waals surface area contributed by atoms with Gasteiger partial charge in [0.2, 0.25) is 0 Å². The Labute approximate surface area is 188 Å². The number of nitrogens with zero attached hydrogens (tertiary/aromatic N) is 4. The molecule has 0 N–H and O–H groups in total. The maximum atomic E-state index is 5.99. The van der Waals surface area contributed by atoms with Gasteiger partial charge < -0.3 is 4.74 Å². The molecule has 2 heterocycles. The molecule has 0 aliphatic heterocycles. The minimum atomic E-state index is 0.0914. The molecule has 1 unspecified atom stereocenters. The summed E-state index contributed by atoms with van der Waals surface area (Å²) in [5, 5.41) is 7.86. The van der Waals surface area contributed by atoms with Gasteiger partial charge in [0.15, 0.2) is 0 Å². The van der Waals surface area contributed by atoms with E-state index < -0.39 is 0 Å². The Kier molecular flexibility index (Phi) is 4.75. The Balaban J connectivity index is 1.29. The summed E-state index contributed by atoms with van der Waals surface area (Å²) in [5.74, 6) is 2.42. The van der Waals surface area contributed by atoms with Gasteiger partial charge in [-0.2, -0.15) is 0 Å².